The van der Waals surface area contributed by atoms with E-state index in [-0.39, 0.29) is 23.0 Å². The number of rotatable bonds is 5. The molecule has 1 amide bonds. The number of H-pyrrole nitrogens is 1. The molecule has 1 aromatic heterocycles. The van der Waals surface area contributed by atoms with Gasteiger partial charge in [0.05, 0.1) is 17.2 Å². The summed E-state index contributed by atoms with van der Waals surface area (Å²) in [6.45, 7) is 4.75. The van der Waals surface area contributed by atoms with E-state index in [0.29, 0.717) is 36.1 Å². The van der Waals surface area contributed by atoms with Crippen molar-refractivity contribution in [3.05, 3.63) is 33.6 Å². The summed E-state index contributed by atoms with van der Waals surface area (Å²) in [6, 6.07) is 1.44. The molecule has 0 radical (unpaired) electrons. The SMILES string of the molecule is CCl.COC1CN(C(C)=N/C=C(\S)C(=O)O)CCC1NC(=O)c1cc(Cl)c(C)[nH]1. The predicted octanol–water partition coefficient (Wildman–Crippen LogP) is 2.92. The number of piperidine rings is 1. The van der Waals surface area contributed by atoms with Gasteiger partial charge in [0.15, 0.2) is 0 Å². The van der Waals surface area contributed by atoms with Crippen molar-refractivity contribution in [2.75, 3.05) is 26.6 Å². The Labute approximate surface area is 185 Å². The fourth-order valence-corrected chi connectivity index (χ4v) is 3.02. The van der Waals surface area contributed by atoms with Crippen LogP contribution in [0.25, 0.3) is 0 Å². The number of thiol groups is 1. The van der Waals surface area contributed by atoms with Crippen LogP contribution in [-0.4, -0.2) is 71.4 Å². The molecule has 1 aliphatic rings. The molecular weight excluding hydrogens is 439 g/mol. The number of hydrogen-bond acceptors (Lipinski definition) is 5. The van der Waals surface area contributed by atoms with Crippen molar-refractivity contribution in [1.82, 2.24) is 15.2 Å². The van der Waals surface area contributed by atoms with Gasteiger partial charge in [-0.2, -0.15) is 0 Å². The number of aromatic amines is 1. The highest BCUT2D eigenvalue weighted by Gasteiger charge is 2.31. The largest absolute Gasteiger partial charge is 0.477 e. The van der Waals surface area contributed by atoms with Gasteiger partial charge in [0, 0.05) is 38.5 Å². The number of hydrogen-bond donors (Lipinski definition) is 4. The number of ether oxygens (including phenoxy) is 1. The Morgan fingerprint density at radius 3 is 2.66 bits per heavy atom. The zero-order valence-corrected chi connectivity index (χ0v) is 19.1. The van der Waals surface area contributed by atoms with Crippen molar-refractivity contribution in [2.45, 2.75) is 32.4 Å². The number of amidine groups is 1. The molecule has 0 aliphatic carbocycles. The number of methoxy groups -OCH3 is 1. The number of aromatic nitrogens is 1. The number of nitrogens with one attached hydrogen (secondary N) is 2. The first kappa shape index (κ1) is 25.4. The summed E-state index contributed by atoms with van der Waals surface area (Å²) in [7, 11) is 1.59. The highest BCUT2D eigenvalue weighted by Crippen LogP contribution is 2.18. The predicted molar refractivity (Wildman–Crippen MR) is 118 cm³/mol. The van der Waals surface area contributed by atoms with Gasteiger partial charge in [-0.3, -0.25) is 4.79 Å². The van der Waals surface area contributed by atoms with Gasteiger partial charge in [-0.05, 0) is 26.3 Å². The molecule has 2 atom stereocenters. The van der Waals surface area contributed by atoms with E-state index in [1.165, 1.54) is 12.6 Å². The van der Waals surface area contributed by atoms with Crippen LogP contribution in [0.3, 0.4) is 0 Å². The fourth-order valence-electron chi connectivity index (χ4n) is 2.81. The second-order valence-electron chi connectivity index (χ2n) is 6.24. The standard InChI is InChI=1S/C17H23ClN4O4S.CH3Cl/c1-9-11(18)6-13(20-9)16(23)21-12-4-5-22(8-14(12)26-3)10(2)19-7-15(27)17(24)25;1-2/h6-7,12,14,20,27H,4-5,8H2,1-3H3,(H,21,23)(H,24,25);1H3/b15-7-,19-10?;. The number of likely N-dealkylation sites (tertiary alicyclic amines) is 1. The number of carboxylic acids is 1. The van der Waals surface area contributed by atoms with Crippen molar-refractivity contribution >= 4 is 53.5 Å². The Hall–Kier alpha value is -1.68. The molecule has 162 valence electrons. The molecule has 0 spiro atoms. The normalized spacial score (nSPS) is 20.0. The van der Waals surface area contributed by atoms with Gasteiger partial charge < -0.3 is 25.0 Å². The summed E-state index contributed by atoms with van der Waals surface area (Å²) < 4.78 is 5.54. The summed E-state index contributed by atoms with van der Waals surface area (Å²) in [6.07, 6.45) is 3.09. The van der Waals surface area contributed by atoms with Crippen LogP contribution in [0, 0.1) is 6.92 Å². The molecule has 2 unspecified atom stereocenters. The summed E-state index contributed by atoms with van der Waals surface area (Å²) >= 11 is 14.5. The molecule has 11 heteroatoms. The highest BCUT2D eigenvalue weighted by molar-refractivity contribution is 7.85. The quantitative estimate of drug-likeness (QED) is 0.176. The van der Waals surface area contributed by atoms with Crippen molar-refractivity contribution in [2.24, 2.45) is 4.99 Å². The molecule has 1 fully saturated rings. The van der Waals surface area contributed by atoms with Crippen LogP contribution >= 0.6 is 35.8 Å². The van der Waals surface area contributed by atoms with Crippen LogP contribution in [0.1, 0.15) is 29.5 Å². The molecule has 3 N–H and O–H groups in total. The van der Waals surface area contributed by atoms with Crippen molar-refractivity contribution in [1.29, 1.82) is 0 Å². The van der Waals surface area contributed by atoms with Gasteiger partial charge in [0.25, 0.3) is 5.91 Å². The summed E-state index contributed by atoms with van der Waals surface area (Å²) in [4.78, 5) is 32.1. The zero-order chi connectivity index (χ0) is 22.1. The van der Waals surface area contributed by atoms with Crippen LogP contribution in [0.15, 0.2) is 22.2 Å². The van der Waals surface area contributed by atoms with Crippen LogP contribution < -0.4 is 5.32 Å². The van der Waals surface area contributed by atoms with E-state index in [1.54, 1.807) is 27.0 Å². The number of alkyl halides is 1. The lowest BCUT2D eigenvalue weighted by atomic mass is 10.0. The topological polar surface area (TPSA) is 107 Å². The average molecular weight is 465 g/mol. The number of carbonyl (C=O) groups excluding carboxylic acids is 1. The molecular formula is C18H26Cl2N4O4S. The maximum atomic E-state index is 12.4. The maximum Gasteiger partial charge on any atom is 0.343 e. The third-order valence-electron chi connectivity index (χ3n) is 4.42. The smallest absolute Gasteiger partial charge is 0.343 e. The van der Waals surface area contributed by atoms with E-state index in [0.717, 1.165) is 5.69 Å². The molecule has 2 heterocycles. The number of aryl methyl sites for hydroxylation is 1. The Bertz CT molecular complexity index is 762. The van der Waals surface area contributed by atoms with Crippen LogP contribution in [-0.2, 0) is 9.53 Å². The number of amides is 1. The third-order valence-corrected chi connectivity index (χ3v) is 5.12. The lowest BCUT2D eigenvalue weighted by Gasteiger charge is -2.38. The van der Waals surface area contributed by atoms with Crippen LogP contribution in [0.2, 0.25) is 5.02 Å². The van der Waals surface area contributed by atoms with E-state index >= 15 is 0 Å². The summed E-state index contributed by atoms with van der Waals surface area (Å²) in [5, 5.41) is 12.3. The molecule has 0 bridgehead atoms. The minimum atomic E-state index is -1.13. The monoisotopic (exact) mass is 464 g/mol. The molecule has 29 heavy (non-hydrogen) atoms. The van der Waals surface area contributed by atoms with E-state index in [4.69, 9.17) is 21.4 Å². The first-order valence-electron chi connectivity index (χ1n) is 8.71. The first-order valence-corrected chi connectivity index (χ1v) is 10.3. The number of halogens is 2. The summed E-state index contributed by atoms with van der Waals surface area (Å²) in [5.41, 5.74) is 1.15. The molecule has 1 saturated heterocycles. The molecule has 8 nitrogen and oxygen atoms in total. The molecule has 0 aromatic carbocycles. The molecule has 2 rings (SSSR count). The van der Waals surface area contributed by atoms with Gasteiger partial charge in [-0.15, -0.1) is 24.2 Å². The maximum absolute atomic E-state index is 12.4. The van der Waals surface area contributed by atoms with Crippen LogP contribution in [0.5, 0.6) is 0 Å². The second-order valence-corrected chi connectivity index (χ2v) is 7.13. The molecule has 1 aromatic rings. The Morgan fingerprint density at radius 2 is 2.14 bits per heavy atom. The zero-order valence-electron chi connectivity index (χ0n) is 16.7. The number of nitrogens with zero attached hydrogens (tertiary/aromatic N) is 2. The fraction of sp³-hybridized carbons (Fsp3) is 0.500. The highest BCUT2D eigenvalue weighted by atomic mass is 35.5. The average Bonchev–Trinajstić information content (AvgIpc) is 3.06. The number of aliphatic imine (C=N–C) groups is 1. The van der Waals surface area contributed by atoms with E-state index < -0.39 is 5.97 Å². The van der Waals surface area contributed by atoms with Gasteiger partial charge >= 0.3 is 5.97 Å². The number of aliphatic carboxylic acids is 1. The molecule has 1 aliphatic heterocycles. The van der Waals surface area contributed by atoms with Crippen molar-refractivity contribution in [3.63, 3.8) is 0 Å². The number of carboxylic acid groups (broad SMARTS) is 1. The minimum Gasteiger partial charge on any atom is -0.477 e. The van der Waals surface area contributed by atoms with Gasteiger partial charge in [0.1, 0.15) is 16.4 Å². The second kappa shape index (κ2) is 12.1. The minimum absolute atomic E-state index is 0.139. The van der Waals surface area contributed by atoms with Crippen molar-refractivity contribution < 1.29 is 19.4 Å². The Balaban J connectivity index is 0.00000204. The van der Waals surface area contributed by atoms with Gasteiger partial charge in [-0.1, -0.05) is 11.6 Å². The van der Waals surface area contributed by atoms with Crippen LogP contribution in [0.4, 0.5) is 0 Å². The number of carbonyl (C=O) groups is 2. The lowest BCUT2D eigenvalue weighted by molar-refractivity contribution is -0.131. The first-order chi connectivity index (χ1) is 13.7. The van der Waals surface area contributed by atoms with E-state index in [2.05, 4.69) is 39.5 Å². The van der Waals surface area contributed by atoms with E-state index in [1.807, 2.05) is 4.90 Å². The molecule has 0 saturated carbocycles. The lowest BCUT2D eigenvalue weighted by Crippen LogP contribution is -2.55. The Kier molecular flexibility index (Phi) is 10.6. The van der Waals surface area contributed by atoms with Gasteiger partial charge in [-0.25, -0.2) is 9.79 Å². The van der Waals surface area contributed by atoms with E-state index in [9.17, 15) is 9.59 Å². The summed E-state index contributed by atoms with van der Waals surface area (Å²) in [5.74, 6) is -0.716. The van der Waals surface area contributed by atoms with Gasteiger partial charge in [0.2, 0.25) is 0 Å². The third kappa shape index (κ3) is 7.26. The Morgan fingerprint density at radius 1 is 1.48 bits per heavy atom. The van der Waals surface area contributed by atoms with Crippen molar-refractivity contribution in [3.8, 4) is 0 Å².